The largest absolute Gasteiger partial charge is 0.394 e. The molecule has 2 aliphatic rings. The van der Waals surface area contributed by atoms with Crippen molar-refractivity contribution in [1.29, 1.82) is 0 Å². The van der Waals surface area contributed by atoms with Crippen molar-refractivity contribution in [2.75, 3.05) is 13.2 Å². The summed E-state index contributed by atoms with van der Waals surface area (Å²) in [6, 6.07) is 0.493. The second kappa shape index (κ2) is 8.77. The van der Waals surface area contributed by atoms with E-state index >= 15 is 0 Å². The van der Waals surface area contributed by atoms with Gasteiger partial charge in [0.15, 0.2) is 6.10 Å². The number of carbonyl (C=O) groups excluding carboxylic acids is 1. The second-order valence-corrected chi connectivity index (χ2v) is 6.60. The first-order valence-electron chi connectivity index (χ1n) is 8.51. The maximum absolute atomic E-state index is 11.8. The molecule has 0 saturated heterocycles. The van der Waals surface area contributed by atoms with Crippen molar-refractivity contribution in [1.82, 2.24) is 10.6 Å². The summed E-state index contributed by atoms with van der Waals surface area (Å²) in [7, 11) is 0. The molecule has 0 aromatic rings. The van der Waals surface area contributed by atoms with Crippen LogP contribution in [0.2, 0.25) is 0 Å². The summed E-state index contributed by atoms with van der Waals surface area (Å²) in [6.07, 6.45) is 0.240. The number of amides is 1. The van der Waals surface area contributed by atoms with Gasteiger partial charge in [-0.05, 0) is 31.0 Å². The van der Waals surface area contributed by atoms with Crippen molar-refractivity contribution >= 4 is 5.91 Å². The van der Waals surface area contributed by atoms with Crippen LogP contribution in [0.25, 0.3) is 0 Å². The molecule has 0 aromatic carbocycles. The third-order valence-electron chi connectivity index (χ3n) is 4.96. The molecule has 1 aliphatic heterocycles. The Morgan fingerprint density at radius 3 is 2.62 bits per heavy atom. The predicted molar refractivity (Wildman–Crippen MR) is 85.7 cm³/mol. The molecule has 6 atom stereocenters. The maximum atomic E-state index is 11.8. The summed E-state index contributed by atoms with van der Waals surface area (Å²) in [5.74, 6) is -0.314. The van der Waals surface area contributed by atoms with Gasteiger partial charge in [-0.2, -0.15) is 0 Å². The molecule has 1 fully saturated rings. The van der Waals surface area contributed by atoms with Crippen LogP contribution < -0.4 is 10.6 Å². The van der Waals surface area contributed by atoms with Gasteiger partial charge in [-0.1, -0.05) is 12.8 Å². The van der Waals surface area contributed by atoms with E-state index in [-0.39, 0.29) is 0 Å². The number of aliphatic hydroxyl groups excluding tert-OH is 5. The Morgan fingerprint density at radius 2 is 1.92 bits per heavy atom. The van der Waals surface area contributed by atoms with Crippen LogP contribution in [0.3, 0.4) is 0 Å². The molecule has 1 aliphatic carbocycles. The zero-order chi connectivity index (χ0) is 17.7. The number of hydrogen-bond donors (Lipinski definition) is 7. The molecule has 2 rings (SSSR count). The lowest BCUT2D eigenvalue weighted by Crippen LogP contribution is -2.51. The zero-order valence-corrected chi connectivity index (χ0v) is 13.6. The Morgan fingerprint density at radius 1 is 1.21 bits per heavy atom. The van der Waals surface area contributed by atoms with Crippen molar-refractivity contribution < 1.29 is 30.3 Å². The number of hydrogen-bond acceptors (Lipinski definition) is 7. The Hall–Kier alpha value is -1.19. The van der Waals surface area contributed by atoms with Crippen LogP contribution in [0, 0.1) is 5.92 Å². The van der Waals surface area contributed by atoms with Crippen molar-refractivity contribution in [2.24, 2.45) is 5.92 Å². The number of nitrogens with one attached hydrogen (secondary N) is 2. The molecule has 2 unspecified atom stereocenters. The average Bonchev–Trinajstić information content (AvgIpc) is 3.02. The summed E-state index contributed by atoms with van der Waals surface area (Å²) < 4.78 is 0. The van der Waals surface area contributed by atoms with Crippen LogP contribution in [-0.4, -0.2) is 75.0 Å². The number of rotatable bonds is 8. The van der Waals surface area contributed by atoms with Crippen molar-refractivity contribution in [3.8, 4) is 0 Å². The van der Waals surface area contributed by atoms with E-state index in [1.54, 1.807) is 0 Å². The molecule has 0 spiro atoms. The third-order valence-corrected chi connectivity index (χ3v) is 4.96. The fraction of sp³-hybridized carbons (Fsp3) is 0.812. The van der Waals surface area contributed by atoms with Gasteiger partial charge in [-0.15, -0.1) is 0 Å². The molecule has 1 amide bonds. The van der Waals surface area contributed by atoms with Gasteiger partial charge in [0, 0.05) is 18.5 Å². The van der Waals surface area contributed by atoms with E-state index in [4.69, 9.17) is 5.11 Å². The minimum Gasteiger partial charge on any atom is -0.394 e. The van der Waals surface area contributed by atoms with Crippen LogP contribution in [0.5, 0.6) is 0 Å². The highest BCUT2D eigenvalue weighted by Gasteiger charge is 2.34. The van der Waals surface area contributed by atoms with Gasteiger partial charge in [0.1, 0.15) is 18.3 Å². The van der Waals surface area contributed by atoms with E-state index in [9.17, 15) is 25.2 Å². The number of fused-ring (bicyclic) bond motifs is 1. The zero-order valence-electron chi connectivity index (χ0n) is 13.6. The van der Waals surface area contributed by atoms with E-state index in [1.807, 2.05) is 6.20 Å². The molecule has 138 valence electrons. The van der Waals surface area contributed by atoms with Gasteiger partial charge in [0.2, 0.25) is 0 Å². The summed E-state index contributed by atoms with van der Waals surface area (Å²) >= 11 is 0. The minimum atomic E-state index is -1.88. The lowest BCUT2D eigenvalue weighted by molar-refractivity contribution is -0.148. The van der Waals surface area contributed by atoms with Crippen molar-refractivity contribution in [3.63, 3.8) is 0 Å². The Kier molecular flexibility index (Phi) is 7.00. The fourth-order valence-electron chi connectivity index (χ4n) is 3.46. The van der Waals surface area contributed by atoms with Gasteiger partial charge in [0.05, 0.1) is 6.61 Å². The molecule has 0 aromatic heterocycles. The average molecular weight is 344 g/mol. The Balaban J connectivity index is 1.74. The highest BCUT2D eigenvalue weighted by atomic mass is 16.4. The Labute approximate surface area is 141 Å². The molecule has 1 heterocycles. The van der Waals surface area contributed by atoms with Gasteiger partial charge >= 0.3 is 0 Å². The number of aliphatic hydroxyl groups is 5. The van der Waals surface area contributed by atoms with Crippen molar-refractivity contribution in [3.05, 3.63) is 11.8 Å². The molecule has 8 heteroatoms. The van der Waals surface area contributed by atoms with E-state index in [0.29, 0.717) is 24.9 Å². The smallest absolute Gasteiger partial charge is 0.251 e. The molecule has 8 nitrogen and oxygen atoms in total. The summed E-state index contributed by atoms with van der Waals surface area (Å²) in [4.78, 5) is 11.8. The first-order chi connectivity index (χ1) is 11.5. The quantitative estimate of drug-likeness (QED) is 0.269. The van der Waals surface area contributed by atoms with E-state index in [1.165, 1.54) is 18.4 Å². The topological polar surface area (TPSA) is 142 Å². The van der Waals surface area contributed by atoms with Crippen LogP contribution in [0.4, 0.5) is 0 Å². The SMILES string of the molecule is O=C(NCCC1=CNC2CCCCC12)[C@H](O)[C@@H](O)[C@H](O)[C@H](O)CO. The maximum Gasteiger partial charge on any atom is 0.251 e. The summed E-state index contributed by atoms with van der Waals surface area (Å²) in [5, 5.41) is 52.8. The van der Waals surface area contributed by atoms with Crippen LogP contribution >= 0.6 is 0 Å². The van der Waals surface area contributed by atoms with Gasteiger partial charge in [-0.3, -0.25) is 4.79 Å². The molecule has 24 heavy (non-hydrogen) atoms. The van der Waals surface area contributed by atoms with Crippen LogP contribution in [0.1, 0.15) is 32.1 Å². The van der Waals surface area contributed by atoms with E-state index in [0.717, 1.165) is 12.8 Å². The first-order valence-corrected chi connectivity index (χ1v) is 8.51. The minimum absolute atomic E-state index is 0.317. The lowest BCUT2D eigenvalue weighted by Gasteiger charge is -2.27. The standard InChI is InChI=1S/C16H28N2O6/c19-8-12(20)13(21)14(22)15(23)16(24)17-6-5-9-7-18-11-4-2-1-3-10(9)11/h7,10-15,18-23H,1-6,8H2,(H,17,24)/t10?,11?,12-,13-,14+,15-/m1/s1. The Bertz CT molecular complexity index is 458. The van der Waals surface area contributed by atoms with Crippen LogP contribution in [-0.2, 0) is 4.79 Å². The fourth-order valence-corrected chi connectivity index (χ4v) is 3.46. The molecular weight excluding hydrogens is 316 g/mol. The van der Waals surface area contributed by atoms with E-state index in [2.05, 4.69) is 10.6 Å². The van der Waals surface area contributed by atoms with Gasteiger partial charge < -0.3 is 36.2 Å². The van der Waals surface area contributed by atoms with Gasteiger partial charge in [-0.25, -0.2) is 0 Å². The summed E-state index contributed by atoms with van der Waals surface area (Å²) in [5.41, 5.74) is 1.26. The number of carbonyl (C=O) groups is 1. The molecule has 7 N–H and O–H groups in total. The highest BCUT2D eigenvalue weighted by Crippen LogP contribution is 2.34. The molecule has 0 radical (unpaired) electrons. The lowest BCUT2D eigenvalue weighted by atomic mass is 9.81. The predicted octanol–water partition coefficient (Wildman–Crippen LogP) is -2.03. The summed E-state index contributed by atoms with van der Waals surface area (Å²) in [6.45, 7) is -0.464. The first kappa shape index (κ1) is 19.1. The highest BCUT2D eigenvalue weighted by molar-refractivity contribution is 5.81. The van der Waals surface area contributed by atoms with Crippen LogP contribution in [0.15, 0.2) is 11.8 Å². The third kappa shape index (κ3) is 4.46. The molecular formula is C16H28N2O6. The second-order valence-electron chi connectivity index (χ2n) is 6.60. The molecule has 0 bridgehead atoms. The van der Waals surface area contributed by atoms with Gasteiger partial charge in [0.25, 0.3) is 5.91 Å². The monoisotopic (exact) mass is 344 g/mol. The normalized spacial score (nSPS) is 28.1. The molecule has 1 saturated carbocycles. The van der Waals surface area contributed by atoms with E-state index < -0.39 is 36.9 Å². The van der Waals surface area contributed by atoms with Crippen molar-refractivity contribution in [2.45, 2.75) is 62.6 Å².